The Kier molecular flexibility index (Phi) is 5.79. The Labute approximate surface area is 189 Å². The number of carbonyl (C=O) groups excluding carboxylic acids is 1. The summed E-state index contributed by atoms with van der Waals surface area (Å²) >= 11 is 1.31. The molecule has 0 aliphatic carbocycles. The summed E-state index contributed by atoms with van der Waals surface area (Å²) in [5, 5.41) is 12.3. The van der Waals surface area contributed by atoms with Gasteiger partial charge in [-0.1, -0.05) is 53.8 Å². The first-order valence-corrected chi connectivity index (χ1v) is 11.3. The van der Waals surface area contributed by atoms with Crippen LogP contribution in [0.4, 0.5) is 4.39 Å². The Morgan fingerprint density at radius 2 is 1.84 bits per heavy atom. The average Bonchev–Trinajstić information content (AvgIpc) is 3.49. The second-order valence-corrected chi connectivity index (χ2v) is 8.78. The number of rotatable bonds is 6. The topological polar surface area (TPSA) is 63.1 Å². The molecule has 162 valence electrons. The first-order chi connectivity index (χ1) is 15.7. The van der Waals surface area contributed by atoms with Crippen molar-refractivity contribution in [2.45, 2.75) is 25.7 Å². The van der Waals surface area contributed by atoms with E-state index in [9.17, 15) is 9.18 Å². The lowest BCUT2D eigenvalue weighted by Gasteiger charge is -2.36. The van der Waals surface area contributed by atoms with Gasteiger partial charge in [0.15, 0.2) is 0 Å². The van der Waals surface area contributed by atoms with Crippen LogP contribution in [-0.4, -0.2) is 32.1 Å². The van der Waals surface area contributed by atoms with E-state index in [1.807, 2.05) is 6.07 Å². The highest BCUT2D eigenvalue weighted by atomic mass is 32.1. The molecule has 6 nitrogen and oxygen atoms in total. The number of amides is 1. The molecule has 1 amide bonds. The van der Waals surface area contributed by atoms with E-state index in [1.54, 1.807) is 12.1 Å². The molecular weight excluding hydrogens is 425 g/mol. The molecule has 2 aromatic carbocycles. The molecule has 1 unspecified atom stereocenters. The van der Waals surface area contributed by atoms with Crippen LogP contribution in [0, 0.1) is 5.82 Å². The Bertz CT molecular complexity index is 1200. The summed E-state index contributed by atoms with van der Waals surface area (Å²) in [4.78, 5) is 14.9. The lowest BCUT2D eigenvalue weighted by atomic mass is 10.00. The van der Waals surface area contributed by atoms with E-state index >= 15 is 0 Å². The van der Waals surface area contributed by atoms with E-state index in [1.165, 1.54) is 34.7 Å². The van der Waals surface area contributed by atoms with Crippen molar-refractivity contribution in [1.82, 2.24) is 25.0 Å². The Morgan fingerprint density at radius 3 is 2.66 bits per heavy atom. The standard InChI is InChI=1S/C24H22FN5OS/c25-19-10-8-17(9-11-19)15-26-23(31)24-28-27-21(32-24)16-30-14-13-29-12-4-7-20(29)22(30)18-5-2-1-3-6-18/h1-12,22H,13-16H2,(H,26,31). The van der Waals surface area contributed by atoms with Crippen LogP contribution in [0.1, 0.15) is 37.7 Å². The van der Waals surface area contributed by atoms with E-state index < -0.39 is 0 Å². The second-order valence-electron chi connectivity index (χ2n) is 7.72. The fourth-order valence-corrected chi connectivity index (χ4v) is 4.84. The number of fused-ring (bicyclic) bond motifs is 1. The molecule has 1 atom stereocenters. The zero-order chi connectivity index (χ0) is 21.9. The third kappa shape index (κ3) is 4.32. The molecule has 32 heavy (non-hydrogen) atoms. The molecule has 0 saturated carbocycles. The minimum absolute atomic E-state index is 0.125. The van der Waals surface area contributed by atoms with Crippen LogP contribution in [0.3, 0.4) is 0 Å². The Morgan fingerprint density at radius 1 is 1.03 bits per heavy atom. The van der Waals surface area contributed by atoms with Crippen molar-refractivity contribution in [3.8, 4) is 0 Å². The van der Waals surface area contributed by atoms with Crippen molar-refractivity contribution in [1.29, 1.82) is 0 Å². The van der Waals surface area contributed by atoms with Crippen molar-refractivity contribution in [2.24, 2.45) is 0 Å². The monoisotopic (exact) mass is 447 g/mol. The number of benzene rings is 2. The van der Waals surface area contributed by atoms with Crippen molar-refractivity contribution in [2.75, 3.05) is 6.54 Å². The maximum absolute atomic E-state index is 13.0. The van der Waals surface area contributed by atoms with E-state index in [0.29, 0.717) is 18.1 Å². The molecule has 0 fully saturated rings. The molecule has 5 rings (SSSR count). The molecular formula is C24H22FN5OS. The third-order valence-electron chi connectivity index (χ3n) is 5.62. The van der Waals surface area contributed by atoms with Crippen LogP contribution in [0.2, 0.25) is 0 Å². The van der Waals surface area contributed by atoms with Gasteiger partial charge in [-0.05, 0) is 35.4 Å². The molecule has 1 N–H and O–H groups in total. The van der Waals surface area contributed by atoms with Crippen molar-refractivity contribution in [3.05, 3.63) is 106 Å². The number of hydrogen-bond donors (Lipinski definition) is 1. The average molecular weight is 448 g/mol. The molecule has 1 aliphatic rings. The van der Waals surface area contributed by atoms with Gasteiger partial charge in [-0.25, -0.2) is 4.39 Å². The van der Waals surface area contributed by atoms with Crippen LogP contribution >= 0.6 is 11.3 Å². The van der Waals surface area contributed by atoms with Crippen LogP contribution in [-0.2, 0) is 19.6 Å². The molecule has 3 heterocycles. The fraction of sp³-hybridized carbons (Fsp3) is 0.208. The van der Waals surface area contributed by atoms with Gasteiger partial charge in [0.25, 0.3) is 5.91 Å². The first kappa shape index (κ1) is 20.5. The van der Waals surface area contributed by atoms with Gasteiger partial charge < -0.3 is 9.88 Å². The zero-order valence-electron chi connectivity index (χ0n) is 17.3. The summed E-state index contributed by atoms with van der Waals surface area (Å²) in [5.41, 5.74) is 3.31. The number of aromatic nitrogens is 3. The van der Waals surface area contributed by atoms with Crippen molar-refractivity contribution < 1.29 is 9.18 Å². The quantitative estimate of drug-likeness (QED) is 0.485. The molecule has 0 radical (unpaired) electrons. The van der Waals surface area contributed by atoms with Crippen LogP contribution in [0.15, 0.2) is 72.9 Å². The third-order valence-corrected chi connectivity index (χ3v) is 6.53. The normalized spacial score (nSPS) is 16.0. The summed E-state index contributed by atoms with van der Waals surface area (Å²) < 4.78 is 15.3. The predicted molar refractivity (Wildman–Crippen MR) is 121 cm³/mol. The van der Waals surface area contributed by atoms with Gasteiger partial charge in [-0.15, -0.1) is 10.2 Å². The maximum atomic E-state index is 13.0. The maximum Gasteiger partial charge on any atom is 0.282 e. The van der Waals surface area contributed by atoms with Gasteiger partial charge in [-0.3, -0.25) is 9.69 Å². The minimum atomic E-state index is -0.298. The molecule has 1 aliphatic heterocycles. The van der Waals surface area contributed by atoms with Gasteiger partial charge in [0.1, 0.15) is 10.8 Å². The van der Waals surface area contributed by atoms with Gasteiger partial charge in [0.2, 0.25) is 5.01 Å². The largest absolute Gasteiger partial charge is 0.348 e. The number of nitrogens with one attached hydrogen (secondary N) is 1. The smallest absolute Gasteiger partial charge is 0.282 e. The highest BCUT2D eigenvalue weighted by Gasteiger charge is 2.29. The van der Waals surface area contributed by atoms with E-state index in [2.05, 4.69) is 67.6 Å². The van der Waals surface area contributed by atoms with Gasteiger partial charge >= 0.3 is 0 Å². The molecule has 4 aromatic rings. The Hall–Kier alpha value is -3.36. The fourth-order valence-electron chi connectivity index (χ4n) is 4.06. The number of hydrogen-bond acceptors (Lipinski definition) is 5. The van der Waals surface area contributed by atoms with Gasteiger partial charge in [0, 0.05) is 31.5 Å². The van der Waals surface area contributed by atoms with Crippen LogP contribution < -0.4 is 5.32 Å². The van der Waals surface area contributed by atoms with Gasteiger partial charge in [-0.2, -0.15) is 0 Å². The predicted octanol–water partition coefficient (Wildman–Crippen LogP) is 4.01. The van der Waals surface area contributed by atoms with Crippen molar-refractivity contribution >= 4 is 17.2 Å². The van der Waals surface area contributed by atoms with E-state index in [-0.39, 0.29) is 17.8 Å². The zero-order valence-corrected chi connectivity index (χ0v) is 18.1. The SMILES string of the molecule is O=C(NCc1ccc(F)cc1)c1nnc(CN2CCn3cccc3C2c2ccccc2)s1. The Balaban J connectivity index is 1.29. The number of halogens is 1. The second kappa shape index (κ2) is 9.02. The number of nitrogens with zero attached hydrogens (tertiary/aromatic N) is 4. The van der Waals surface area contributed by atoms with Gasteiger partial charge in [0.05, 0.1) is 12.6 Å². The highest BCUT2D eigenvalue weighted by Crippen LogP contribution is 2.33. The summed E-state index contributed by atoms with van der Waals surface area (Å²) in [6, 6.07) is 20.9. The summed E-state index contributed by atoms with van der Waals surface area (Å²) in [5.74, 6) is -0.571. The molecule has 2 aromatic heterocycles. The summed E-state index contributed by atoms with van der Waals surface area (Å²) in [7, 11) is 0. The van der Waals surface area contributed by atoms with Crippen LogP contribution in [0.25, 0.3) is 0 Å². The molecule has 0 saturated heterocycles. The minimum Gasteiger partial charge on any atom is -0.348 e. The molecule has 8 heteroatoms. The molecule has 0 bridgehead atoms. The summed E-state index contributed by atoms with van der Waals surface area (Å²) in [6.07, 6.45) is 2.12. The molecule has 0 spiro atoms. The van der Waals surface area contributed by atoms with Crippen LogP contribution in [0.5, 0.6) is 0 Å². The van der Waals surface area contributed by atoms with E-state index in [0.717, 1.165) is 23.7 Å². The lowest BCUT2D eigenvalue weighted by molar-refractivity contribution is 0.0950. The number of carbonyl (C=O) groups is 1. The lowest BCUT2D eigenvalue weighted by Crippen LogP contribution is -2.37. The summed E-state index contributed by atoms with van der Waals surface area (Å²) in [6.45, 7) is 2.73. The van der Waals surface area contributed by atoms with Crippen molar-refractivity contribution in [3.63, 3.8) is 0 Å². The van der Waals surface area contributed by atoms with E-state index in [4.69, 9.17) is 0 Å². The highest BCUT2D eigenvalue weighted by molar-refractivity contribution is 7.13. The first-order valence-electron chi connectivity index (χ1n) is 10.5.